The summed E-state index contributed by atoms with van der Waals surface area (Å²) in [4.78, 5) is 15.2. The Morgan fingerprint density at radius 2 is 2.26 bits per heavy atom. The first-order valence-electron chi connectivity index (χ1n) is 5.71. The Hall–Kier alpha value is -2.21. The van der Waals surface area contributed by atoms with Gasteiger partial charge >= 0.3 is 5.97 Å². The van der Waals surface area contributed by atoms with Gasteiger partial charge in [0.2, 0.25) is 0 Å². The highest BCUT2D eigenvalue weighted by Crippen LogP contribution is 2.25. The van der Waals surface area contributed by atoms with Crippen LogP contribution in [0, 0.1) is 0 Å². The van der Waals surface area contributed by atoms with Crippen LogP contribution in [0.25, 0.3) is 10.1 Å². The second kappa shape index (κ2) is 4.81. The molecule has 0 aliphatic heterocycles. The lowest BCUT2D eigenvalue weighted by Crippen LogP contribution is -2.06. The Balaban J connectivity index is 1.89. The lowest BCUT2D eigenvalue weighted by atomic mass is 10.2. The molecular formula is C13H11N3O2S. The van der Waals surface area contributed by atoms with Crippen molar-refractivity contribution in [2.45, 2.75) is 6.54 Å². The smallest absolute Gasteiger partial charge is 0.377 e. The van der Waals surface area contributed by atoms with Gasteiger partial charge in [-0.1, -0.05) is 18.2 Å². The Morgan fingerprint density at radius 3 is 3.11 bits per heavy atom. The number of benzene rings is 1. The van der Waals surface area contributed by atoms with Crippen molar-refractivity contribution in [3.63, 3.8) is 0 Å². The second-order valence-corrected chi connectivity index (χ2v) is 4.93. The molecule has 1 aromatic carbocycles. The number of nitrogens with zero attached hydrogens (tertiary/aromatic N) is 3. The molecular weight excluding hydrogens is 262 g/mol. The normalized spacial score (nSPS) is 10.8. The monoisotopic (exact) mass is 273 g/mol. The fourth-order valence-corrected chi connectivity index (χ4v) is 2.84. The topological polar surface area (TPSA) is 57.0 Å². The van der Waals surface area contributed by atoms with E-state index in [1.54, 1.807) is 22.3 Å². The summed E-state index contributed by atoms with van der Waals surface area (Å²) >= 11 is 1.70. The van der Waals surface area contributed by atoms with E-state index >= 15 is 0 Å². The third-order valence-electron chi connectivity index (χ3n) is 2.80. The van der Waals surface area contributed by atoms with Gasteiger partial charge in [-0.15, -0.1) is 16.4 Å². The van der Waals surface area contributed by atoms with Crippen molar-refractivity contribution in [1.29, 1.82) is 0 Å². The molecule has 6 heteroatoms. The number of rotatable bonds is 3. The van der Waals surface area contributed by atoms with Gasteiger partial charge in [0, 0.05) is 4.70 Å². The largest absolute Gasteiger partial charge is 0.463 e. The average molecular weight is 273 g/mol. The fourth-order valence-electron chi connectivity index (χ4n) is 1.89. The number of hydrogen-bond donors (Lipinski definition) is 0. The van der Waals surface area contributed by atoms with Crippen LogP contribution in [0.3, 0.4) is 0 Å². The maximum atomic E-state index is 11.3. The number of hydrogen-bond acceptors (Lipinski definition) is 5. The van der Waals surface area contributed by atoms with Crippen LogP contribution >= 0.6 is 11.3 Å². The van der Waals surface area contributed by atoms with Crippen molar-refractivity contribution in [2.24, 2.45) is 0 Å². The minimum Gasteiger partial charge on any atom is -0.463 e. The van der Waals surface area contributed by atoms with Crippen LogP contribution in [0.5, 0.6) is 0 Å². The average Bonchev–Trinajstić information content (AvgIpc) is 3.06. The van der Waals surface area contributed by atoms with Gasteiger partial charge in [0.05, 0.1) is 13.7 Å². The summed E-state index contributed by atoms with van der Waals surface area (Å²) in [6, 6.07) is 8.21. The molecule has 19 heavy (non-hydrogen) atoms. The van der Waals surface area contributed by atoms with E-state index in [0.717, 1.165) is 0 Å². The molecule has 0 fully saturated rings. The fraction of sp³-hybridized carbons (Fsp3) is 0.154. The van der Waals surface area contributed by atoms with Crippen LogP contribution < -0.4 is 0 Å². The number of ether oxygens (including phenoxy) is 1. The van der Waals surface area contributed by atoms with Crippen molar-refractivity contribution in [1.82, 2.24) is 14.8 Å². The molecule has 3 rings (SSSR count). The molecule has 2 heterocycles. The molecule has 0 unspecified atom stereocenters. The minimum absolute atomic E-state index is 0.0852. The van der Waals surface area contributed by atoms with Crippen LogP contribution in [-0.4, -0.2) is 27.8 Å². The quantitative estimate of drug-likeness (QED) is 0.687. The van der Waals surface area contributed by atoms with Crippen molar-refractivity contribution >= 4 is 27.4 Å². The third-order valence-corrected chi connectivity index (χ3v) is 3.81. The Morgan fingerprint density at radius 1 is 1.42 bits per heavy atom. The Bertz CT molecular complexity index is 732. The highest BCUT2D eigenvalue weighted by molar-refractivity contribution is 7.17. The zero-order valence-corrected chi connectivity index (χ0v) is 11.1. The van der Waals surface area contributed by atoms with E-state index < -0.39 is 5.97 Å². The molecule has 0 aliphatic rings. The third kappa shape index (κ3) is 2.22. The number of carbonyl (C=O) groups is 1. The summed E-state index contributed by atoms with van der Waals surface area (Å²) in [6.07, 6.45) is 1.54. The zero-order valence-electron chi connectivity index (χ0n) is 10.2. The molecule has 2 aromatic heterocycles. The molecule has 0 aliphatic carbocycles. The van der Waals surface area contributed by atoms with Gasteiger partial charge in [-0.2, -0.15) is 0 Å². The molecule has 0 radical (unpaired) electrons. The number of carbonyl (C=O) groups excluding carboxylic acids is 1. The van der Waals surface area contributed by atoms with E-state index in [0.29, 0.717) is 6.54 Å². The molecule has 0 saturated carbocycles. The number of fused-ring (bicyclic) bond motifs is 1. The number of esters is 1. The van der Waals surface area contributed by atoms with Gasteiger partial charge in [0.1, 0.15) is 6.33 Å². The van der Waals surface area contributed by atoms with Crippen LogP contribution in [-0.2, 0) is 11.3 Å². The van der Waals surface area contributed by atoms with E-state index in [4.69, 9.17) is 0 Å². The minimum atomic E-state index is -0.520. The van der Waals surface area contributed by atoms with Crippen molar-refractivity contribution in [3.05, 3.63) is 47.4 Å². The van der Waals surface area contributed by atoms with E-state index in [1.807, 2.05) is 12.1 Å². The van der Waals surface area contributed by atoms with Gasteiger partial charge in [-0.3, -0.25) is 0 Å². The highest BCUT2D eigenvalue weighted by Gasteiger charge is 2.12. The van der Waals surface area contributed by atoms with Gasteiger partial charge in [0.25, 0.3) is 5.82 Å². The van der Waals surface area contributed by atoms with Crippen molar-refractivity contribution < 1.29 is 9.53 Å². The summed E-state index contributed by atoms with van der Waals surface area (Å²) in [7, 11) is 1.31. The van der Waals surface area contributed by atoms with Gasteiger partial charge in [-0.05, 0) is 22.4 Å². The molecule has 0 spiro atoms. The summed E-state index contributed by atoms with van der Waals surface area (Å²) in [5.41, 5.74) is 1.17. The predicted molar refractivity (Wildman–Crippen MR) is 72.3 cm³/mol. The zero-order chi connectivity index (χ0) is 13.2. The Kier molecular flexibility index (Phi) is 3.00. The molecule has 0 bridgehead atoms. The molecule has 0 amide bonds. The van der Waals surface area contributed by atoms with Gasteiger partial charge in [0.15, 0.2) is 0 Å². The standard InChI is InChI=1S/C13H11N3O2S/c1-18-13(17)12-14-8-16(15-12)6-9-7-19-11-5-3-2-4-10(9)11/h2-5,7-8H,6H2,1H3. The maximum absolute atomic E-state index is 11.3. The van der Waals surface area contributed by atoms with Crippen LogP contribution in [0.1, 0.15) is 16.2 Å². The summed E-state index contributed by atoms with van der Waals surface area (Å²) in [6.45, 7) is 0.591. The lowest BCUT2D eigenvalue weighted by molar-refractivity contribution is 0.0586. The molecule has 0 atom stereocenters. The van der Waals surface area contributed by atoms with Crippen LogP contribution in [0.15, 0.2) is 36.0 Å². The summed E-state index contributed by atoms with van der Waals surface area (Å²) in [5, 5.41) is 7.41. The number of aromatic nitrogens is 3. The first-order chi connectivity index (χ1) is 9.28. The van der Waals surface area contributed by atoms with Gasteiger partial charge < -0.3 is 4.74 Å². The summed E-state index contributed by atoms with van der Waals surface area (Å²) in [5.74, 6) is -0.434. The van der Waals surface area contributed by atoms with E-state index in [1.165, 1.54) is 22.8 Å². The second-order valence-electron chi connectivity index (χ2n) is 4.01. The predicted octanol–water partition coefficient (Wildman–Crippen LogP) is 2.33. The first kappa shape index (κ1) is 11.9. The molecule has 3 aromatic rings. The maximum Gasteiger partial charge on any atom is 0.377 e. The summed E-state index contributed by atoms with van der Waals surface area (Å²) < 4.78 is 7.46. The number of thiophene rings is 1. The SMILES string of the molecule is COC(=O)c1ncn(Cc2csc3ccccc23)n1. The van der Waals surface area contributed by atoms with Crippen molar-refractivity contribution in [2.75, 3.05) is 7.11 Å². The molecule has 5 nitrogen and oxygen atoms in total. The van der Waals surface area contributed by atoms with Crippen molar-refractivity contribution in [3.8, 4) is 0 Å². The number of methoxy groups -OCH3 is 1. The van der Waals surface area contributed by atoms with E-state index in [-0.39, 0.29) is 5.82 Å². The lowest BCUT2D eigenvalue weighted by Gasteiger charge is -1.99. The molecule has 96 valence electrons. The molecule has 0 saturated heterocycles. The van der Waals surface area contributed by atoms with Gasteiger partial charge in [-0.25, -0.2) is 14.5 Å². The molecule has 0 N–H and O–H groups in total. The van der Waals surface area contributed by atoms with E-state index in [9.17, 15) is 4.79 Å². The van der Waals surface area contributed by atoms with Crippen LogP contribution in [0.4, 0.5) is 0 Å². The van der Waals surface area contributed by atoms with E-state index in [2.05, 4.69) is 32.3 Å². The van der Waals surface area contributed by atoms with Crippen LogP contribution in [0.2, 0.25) is 0 Å². The Labute approximate surface area is 113 Å². The highest BCUT2D eigenvalue weighted by atomic mass is 32.1. The first-order valence-corrected chi connectivity index (χ1v) is 6.59.